The van der Waals surface area contributed by atoms with Gasteiger partial charge in [0.05, 0.1) is 5.75 Å². The molecule has 0 unspecified atom stereocenters. The molecule has 26 heavy (non-hydrogen) atoms. The van der Waals surface area contributed by atoms with E-state index in [0.29, 0.717) is 5.75 Å². The topological polar surface area (TPSA) is 59.8 Å². The average molecular weight is 373 g/mol. The maximum Gasteiger partial charge on any atom is 0.234 e. The van der Waals surface area contributed by atoms with Crippen molar-refractivity contribution in [1.82, 2.24) is 14.8 Å². The van der Waals surface area contributed by atoms with Gasteiger partial charge in [-0.15, -0.1) is 10.2 Å². The maximum absolute atomic E-state index is 12.2. The summed E-state index contributed by atoms with van der Waals surface area (Å²) in [6, 6.07) is 7.80. The van der Waals surface area contributed by atoms with E-state index in [9.17, 15) is 4.79 Å². The van der Waals surface area contributed by atoms with E-state index in [0.717, 1.165) is 34.6 Å². The Kier molecular flexibility index (Phi) is 6.72. The van der Waals surface area contributed by atoms with E-state index in [-0.39, 0.29) is 5.91 Å². The predicted octanol–water partition coefficient (Wildman–Crippen LogP) is 4.37. The molecule has 140 valence electrons. The van der Waals surface area contributed by atoms with Crippen LogP contribution in [0.1, 0.15) is 49.9 Å². The van der Waals surface area contributed by atoms with Crippen LogP contribution < -0.4 is 5.32 Å². The molecule has 5 nitrogen and oxygen atoms in total. The lowest BCUT2D eigenvalue weighted by atomic mass is 9.86. The fraction of sp³-hybridized carbons (Fsp3) is 0.550. The number of hydrogen-bond donors (Lipinski definition) is 1. The van der Waals surface area contributed by atoms with Crippen LogP contribution in [0.4, 0.5) is 5.69 Å². The standard InChI is InChI=1S/C20H28N4OS/c1-15-8-6-7-11-17(15)21-19(25)14-26-20-23-22-18(24(20)2)13-12-16-9-4-3-5-10-16/h6-8,11,16H,3-5,9-10,12-14H2,1-2H3,(H,21,25). The number of benzene rings is 1. The van der Waals surface area contributed by atoms with Crippen LogP contribution in [0.25, 0.3) is 0 Å². The summed E-state index contributed by atoms with van der Waals surface area (Å²) in [5.41, 5.74) is 1.93. The van der Waals surface area contributed by atoms with Gasteiger partial charge < -0.3 is 9.88 Å². The number of thioether (sulfide) groups is 1. The molecule has 6 heteroatoms. The summed E-state index contributed by atoms with van der Waals surface area (Å²) in [6.45, 7) is 1.99. The number of amides is 1. The van der Waals surface area contributed by atoms with Crippen molar-refractivity contribution in [3.8, 4) is 0 Å². The molecule has 0 bridgehead atoms. The zero-order chi connectivity index (χ0) is 18.4. The molecule has 1 fully saturated rings. The van der Waals surface area contributed by atoms with Gasteiger partial charge in [0.25, 0.3) is 0 Å². The minimum atomic E-state index is -0.0175. The largest absolute Gasteiger partial charge is 0.325 e. The Morgan fingerprint density at radius 3 is 2.77 bits per heavy atom. The van der Waals surface area contributed by atoms with Crippen molar-refractivity contribution in [2.24, 2.45) is 13.0 Å². The molecular weight excluding hydrogens is 344 g/mol. The highest BCUT2D eigenvalue weighted by Crippen LogP contribution is 2.27. The molecule has 0 radical (unpaired) electrons. The lowest BCUT2D eigenvalue weighted by molar-refractivity contribution is -0.113. The number of aromatic nitrogens is 3. The lowest BCUT2D eigenvalue weighted by Crippen LogP contribution is -2.15. The summed E-state index contributed by atoms with van der Waals surface area (Å²) in [7, 11) is 2.00. The zero-order valence-corrected chi connectivity index (χ0v) is 16.5. The third-order valence-electron chi connectivity index (χ3n) is 5.18. The molecule has 1 amide bonds. The molecular formula is C20H28N4OS. The SMILES string of the molecule is Cc1ccccc1NC(=O)CSc1nnc(CCC2CCCCC2)n1C. The van der Waals surface area contributed by atoms with Crippen molar-refractivity contribution < 1.29 is 4.79 Å². The molecule has 1 heterocycles. The summed E-state index contributed by atoms with van der Waals surface area (Å²) < 4.78 is 2.04. The number of nitrogens with zero attached hydrogens (tertiary/aromatic N) is 3. The molecule has 0 spiro atoms. The van der Waals surface area contributed by atoms with E-state index in [4.69, 9.17) is 0 Å². The average Bonchev–Trinajstić information content (AvgIpc) is 3.01. The minimum absolute atomic E-state index is 0.0175. The van der Waals surface area contributed by atoms with Crippen molar-refractivity contribution in [2.45, 2.75) is 57.0 Å². The first kappa shape index (κ1) is 19.0. The summed E-state index contributed by atoms with van der Waals surface area (Å²) in [6.07, 6.45) is 9.04. The van der Waals surface area contributed by atoms with Crippen molar-refractivity contribution in [3.05, 3.63) is 35.7 Å². The zero-order valence-electron chi connectivity index (χ0n) is 15.7. The predicted molar refractivity (Wildman–Crippen MR) is 106 cm³/mol. The fourth-order valence-corrected chi connectivity index (χ4v) is 4.26. The highest BCUT2D eigenvalue weighted by Gasteiger charge is 2.16. The van der Waals surface area contributed by atoms with E-state index in [1.807, 2.05) is 42.8 Å². The van der Waals surface area contributed by atoms with Gasteiger partial charge in [0.1, 0.15) is 5.82 Å². The van der Waals surface area contributed by atoms with Gasteiger partial charge >= 0.3 is 0 Å². The Balaban J connectivity index is 1.48. The second-order valence-electron chi connectivity index (χ2n) is 7.15. The van der Waals surface area contributed by atoms with Crippen LogP contribution >= 0.6 is 11.8 Å². The van der Waals surface area contributed by atoms with Crippen LogP contribution in [-0.2, 0) is 18.3 Å². The molecule has 0 saturated heterocycles. The van der Waals surface area contributed by atoms with Crippen LogP contribution in [0.15, 0.2) is 29.4 Å². The van der Waals surface area contributed by atoms with Gasteiger partial charge in [-0.2, -0.15) is 0 Å². The van der Waals surface area contributed by atoms with Gasteiger partial charge in [-0.1, -0.05) is 62.1 Å². The molecule has 0 aliphatic heterocycles. The normalized spacial score (nSPS) is 15.2. The van der Waals surface area contributed by atoms with Crippen LogP contribution in [0, 0.1) is 12.8 Å². The van der Waals surface area contributed by atoms with Crippen molar-refractivity contribution in [1.29, 1.82) is 0 Å². The number of aryl methyl sites for hydroxylation is 2. The Morgan fingerprint density at radius 2 is 2.00 bits per heavy atom. The van der Waals surface area contributed by atoms with Gasteiger partial charge in [-0.3, -0.25) is 4.79 Å². The Hall–Kier alpha value is -1.82. The minimum Gasteiger partial charge on any atom is -0.325 e. The summed E-state index contributed by atoms with van der Waals surface area (Å²) >= 11 is 1.44. The molecule has 1 saturated carbocycles. The van der Waals surface area contributed by atoms with Crippen LogP contribution in [0.2, 0.25) is 0 Å². The van der Waals surface area contributed by atoms with E-state index < -0.39 is 0 Å². The quantitative estimate of drug-likeness (QED) is 0.733. The van der Waals surface area contributed by atoms with Crippen LogP contribution in [0.5, 0.6) is 0 Å². The smallest absolute Gasteiger partial charge is 0.234 e. The van der Waals surface area contributed by atoms with Gasteiger partial charge in [0, 0.05) is 19.2 Å². The molecule has 1 aromatic carbocycles. The first-order chi connectivity index (χ1) is 12.6. The number of anilines is 1. The van der Waals surface area contributed by atoms with Crippen LogP contribution in [-0.4, -0.2) is 26.4 Å². The van der Waals surface area contributed by atoms with Gasteiger partial charge in [0.15, 0.2) is 5.16 Å². The van der Waals surface area contributed by atoms with Crippen molar-refractivity contribution in [2.75, 3.05) is 11.1 Å². The van der Waals surface area contributed by atoms with E-state index >= 15 is 0 Å². The summed E-state index contributed by atoms with van der Waals surface area (Å²) in [4.78, 5) is 12.2. The monoisotopic (exact) mass is 372 g/mol. The highest BCUT2D eigenvalue weighted by molar-refractivity contribution is 7.99. The summed E-state index contributed by atoms with van der Waals surface area (Å²) in [5.74, 6) is 2.19. The lowest BCUT2D eigenvalue weighted by Gasteiger charge is -2.20. The highest BCUT2D eigenvalue weighted by atomic mass is 32.2. The van der Waals surface area contributed by atoms with Gasteiger partial charge in [-0.25, -0.2) is 0 Å². The second-order valence-corrected chi connectivity index (χ2v) is 8.09. The third kappa shape index (κ3) is 5.10. The number of hydrogen-bond acceptors (Lipinski definition) is 4. The van der Waals surface area contributed by atoms with Crippen LogP contribution in [0.3, 0.4) is 0 Å². The van der Waals surface area contributed by atoms with E-state index in [1.165, 1.54) is 50.3 Å². The number of rotatable bonds is 7. The third-order valence-corrected chi connectivity index (χ3v) is 6.20. The van der Waals surface area contributed by atoms with Crippen molar-refractivity contribution >= 4 is 23.4 Å². The van der Waals surface area contributed by atoms with Crippen molar-refractivity contribution in [3.63, 3.8) is 0 Å². The number of para-hydroxylation sites is 1. The van der Waals surface area contributed by atoms with Gasteiger partial charge in [-0.05, 0) is 30.9 Å². The first-order valence-electron chi connectivity index (χ1n) is 9.50. The number of nitrogens with one attached hydrogen (secondary N) is 1. The first-order valence-corrected chi connectivity index (χ1v) is 10.5. The maximum atomic E-state index is 12.2. The van der Waals surface area contributed by atoms with Gasteiger partial charge in [0.2, 0.25) is 5.91 Å². The van der Waals surface area contributed by atoms with E-state index in [1.54, 1.807) is 0 Å². The Labute approximate surface area is 160 Å². The fourth-order valence-electron chi connectivity index (χ4n) is 3.53. The molecule has 1 aromatic heterocycles. The molecule has 3 rings (SSSR count). The van der Waals surface area contributed by atoms with E-state index in [2.05, 4.69) is 15.5 Å². The Bertz CT molecular complexity index is 737. The molecule has 2 aromatic rings. The number of carbonyl (C=O) groups is 1. The number of carbonyl (C=O) groups excluding carboxylic acids is 1. The molecule has 1 N–H and O–H groups in total. The Morgan fingerprint density at radius 1 is 1.23 bits per heavy atom. The molecule has 1 aliphatic rings. The molecule has 0 atom stereocenters. The second kappa shape index (κ2) is 9.21. The summed E-state index contributed by atoms with van der Waals surface area (Å²) in [5, 5.41) is 12.4. The molecule has 1 aliphatic carbocycles.